The molecule has 222 valence electrons. The number of ether oxygens (including phenoxy) is 1. The Morgan fingerprint density at radius 2 is 1.73 bits per heavy atom. The first-order chi connectivity index (χ1) is 21.4. The Hall–Kier alpha value is -4.05. The highest BCUT2D eigenvalue weighted by atomic mass is 79.9. The summed E-state index contributed by atoms with van der Waals surface area (Å²) in [7, 11) is 0. The Morgan fingerprint density at radius 3 is 2.48 bits per heavy atom. The van der Waals surface area contributed by atoms with Crippen molar-refractivity contribution in [3.05, 3.63) is 140 Å². The van der Waals surface area contributed by atoms with Gasteiger partial charge in [0, 0.05) is 26.6 Å². The molecule has 0 bridgehead atoms. The van der Waals surface area contributed by atoms with Crippen LogP contribution in [0.15, 0.2) is 118 Å². The number of carbonyl (C=O) groups excluding carboxylic acids is 1. The highest BCUT2D eigenvalue weighted by molar-refractivity contribution is 9.10. The number of thioether (sulfide) groups is 1. The first kappa shape index (κ1) is 30.0. The molecule has 2 N–H and O–H groups in total. The number of para-hydroxylation sites is 1. The number of aryl methyl sites for hydroxylation is 1. The largest absolute Gasteiger partial charge is 0.489 e. The smallest absolute Gasteiger partial charge is 0.255 e. The predicted molar refractivity (Wildman–Crippen MR) is 180 cm³/mol. The Kier molecular flexibility index (Phi) is 9.07. The zero-order valence-corrected chi connectivity index (χ0v) is 27.2. The third kappa shape index (κ3) is 6.70. The van der Waals surface area contributed by atoms with E-state index < -0.39 is 6.04 Å². The number of halogens is 2. The molecule has 1 aliphatic rings. The molecule has 6 rings (SSSR count). The predicted octanol–water partition coefficient (Wildman–Crippen LogP) is 8.80. The molecule has 0 fully saturated rings. The molecule has 10 heteroatoms. The molecule has 5 aromatic rings. The molecule has 0 spiro atoms. The van der Waals surface area contributed by atoms with Crippen LogP contribution in [0.2, 0.25) is 5.02 Å². The van der Waals surface area contributed by atoms with E-state index in [4.69, 9.17) is 26.4 Å². The van der Waals surface area contributed by atoms with Gasteiger partial charge in [-0.1, -0.05) is 100.0 Å². The minimum absolute atomic E-state index is 0.212. The molecule has 0 saturated heterocycles. The number of hydrogen-bond donors (Lipinski definition) is 2. The molecule has 44 heavy (non-hydrogen) atoms. The van der Waals surface area contributed by atoms with E-state index in [1.54, 1.807) is 4.68 Å². The van der Waals surface area contributed by atoms with E-state index in [0.717, 1.165) is 38.2 Å². The Balaban J connectivity index is 1.30. The zero-order chi connectivity index (χ0) is 30.6. The van der Waals surface area contributed by atoms with Crippen molar-refractivity contribution < 1.29 is 9.53 Å². The summed E-state index contributed by atoms with van der Waals surface area (Å²) in [5.74, 6) is 1.70. The van der Waals surface area contributed by atoms with E-state index in [1.807, 2.05) is 111 Å². The first-order valence-electron chi connectivity index (χ1n) is 14.0. The summed E-state index contributed by atoms with van der Waals surface area (Å²) in [5.41, 5.74) is 5.95. The van der Waals surface area contributed by atoms with Crippen LogP contribution in [0.25, 0.3) is 0 Å². The SMILES string of the molecule is CC1=C(C(=O)Nc2ccccc2C)C(c2ccc(OCc3ccc(Br)cc3)cc2)n2nc(SCc3ccccc3Cl)nc2N1. The lowest BCUT2D eigenvalue weighted by Crippen LogP contribution is -2.31. The maximum Gasteiger partial charge on any atom is 0.255 e. The molecular weight excluding hydrogens is 658 g/mol. The molecule has 0 aliphatic carbocycles. The monoisotopic (exact) mass is 685 g/mol. The van der Waals surface area contributed by atoms with Crippen molar-refractivity contribution in [2.75, 3.05) is 10.6 Å². The summed E-state index contributed by atoms with van der Waals surface area (Å²) in [6.45, 7) is 4.31. The Morgan fingerprint density at radius 1 is 1.00 bits per heavy atom. The van der Waals surface area contributed by atoms with E-state index in [1.165, 1.54) is 11.8 Å². The topological polar surface area (TPSA) is 81.1 Å². The minimum Gasteiger partial charge on any atom is -0.489 e. The van der Waals surface area contributed by atoms with Gasteiger partial charge >= 0.3 is 0 Å². The fourth-order valence-corrected chi connectivity index (χ4v) is 6.33. The number of nitrogens with one attached hydrogen (secondary N) is 2. The number of amides is 1. The number of hydrogen-bond acceptors (Lipinski definition) is 6. The lowest BCUT2D eigenvalue weighted by molar-refractivity contribution is -0.113. The van der Waals surface area contributed by atoms with Crippen LogP contribution in [0, 0.1) is 6.92 Å². The number of aromatic nitrogens is 3. The molecule has 2 heterocycles. The fraction of sp³-hybridized carbons (Fsp3) is 0.147. The van der Waals surface area contributed by atoms with Crippen LogP contribution in [0.5, 0.6) is 5.75 Å². The van der Waals surface area contributed by atoms with Crippen LogP contribution in [0.4, 0.5) is 11.6 Å². The number of rotatable bonds is 9. The van der Waals surface area contributed by atoms with Gasteiger partial charge < -0.3 is 15.4 Å². The summed E-state index contributed by atoms with van der Waals surface area (Å²) in [5, 5.41) is 12.6. The highest BCUT2D eigenvalue weighted by Gasteiger charge is 2.34. The molecule has 1 aliphatic heterocycles. The summed E-state index contributed by atoms with van der Waals surface area (Å²) in [6, 6.07) is 30.8. The van der Waals surface area contributed by atoms with Gasteiger partial charge in [-0.15, -0.1) is 5.10 Å². The second kappa shape index (κ2) is 13.3. The summed E-state index contributed by atoms with van der Waals surface area (Å²) < 4.78 is 8.86. The number of benzene rings is 4. The van der Waals surface area contributed by atoms with Crippen molar-refractivity contribution in [3.8, 4) is 5.75 Å². The number of fused-ring (bicyclic) bond motifs is 1. The summed E-state index contributed by atoms with van der Waals surface area (Å²) in [4.78, 5) is 18.7. The Bertz CT molecular complexity index is 1840. The average Bonchev–Trinajstić information content (AvgIpc) is 3.43. The molecule has 1 atom stereocenters. The molecule has 1 unspecified atom stereocenters. The van der Waals surface area contributed by atoms with Crippen molar-refractivity contribution in [2.45, 2.75) is 37.4 Å². The van der Waals surface area contributed by atoms with E-state index in [0.29, 0.717) is 39.8 Å². The third-order valence-electron chi connectivity index (χ3n) is 7.30. The second-order valence-corrected chi connectivity index (χ2v) is 12.6. The number of nitrogens with zero attached hydrogens (tertiary/aromatic N) is 3. The van der Waals surface area contributed by atoms with Crippen LogP contribution in [-0.2, 0) is 17.2 Å². The summed E-state index contributed by atoms with van der Waals surface area (Å²) in [6.07, 6.45) is 0. The van der Waals surface area contributed by atoms with E-state index in [9.17, 15) is 4.79 Å². The molecule has 0 radical (unpaired) electrons. The first-order valence-corrected chi connectivity index (χ1v) is 16.2. The fourth-order valence-electron chi connectivity index (χ4n) is 4.95. The van der Waals surface area contributed by atoms with Crippen molar-refractivity contribution in [1.82, 2.24) is 14.8 Å². The van der Waals surface area contributed by atoms with Gasteiger partial charge in [0.15, 0.2) is 0 Å². The average molecular weight is 687 g/mol. The standard InChI is InChI=1S/C34H29BrClN5O2S/c1-21-7-3-6-10-29(21)38-32(42)30-22(2)37-33-39-34(44-20-25-8-4-5-9-28(25)36)40-41(33)31(30)24-13-17-27(18-14-24)43-19-23-11-15-26(35)16-12-23/h3-18,31H,19-20H2,1-2H3,(H,38,42)(H,37,39,40). The highest BCUT2D eigenvalue weighted by Crippen LogP contribution is 2.38. The molecule has 1 aromatic heterocycles. The van der Waals surface area contributed by atoms with E-state index in [2.05, 4.69) is 26.6 Å². The molecule has 4 aromatic carbocycles. The second-order valence-electron chi connectivity index (χ2n) is 10.4. The lowest BCUT2D eigenvalue weighted by atomic mass is 9.95. The van der Waals surface area contributed by atoms with Crippen molar-refractivity contribution >= 4 is 56.8 Å². The summed E-state index contributed by atoms with van der Waals surface area (Å²) >= 11 is 11.3. The number of allylic oxidation sites excluding steroid dienone is 1. The minimum atomic E-state index is -0.516. The van der Waals surface area contributed by atoms with Crippen LogP contribution < -0.4 is 15.4 Å². The quantitative estimate of drug-likeness (QED) is 0.151. The van der Waals surface area contributed by atoms with Gasteiger partial charge in [-0.25, -0.2) is 4.68 Å². The lowest BCUT2D eigenvalue weighted by Gasteiger charge is -2.29. The van der Waals surface area contributed by atoms with Gasteiger partial charge in [0.05, 0.1) is 5.57 Å². The maximum atomic E-state index is 13.9. The number of anilines is 2. The van der Waals surface area contributed by atoms with Gasteiger partial charge in [0.25, 0.3) is 5.91 Å². The van der Waals surface area contributed by atoms with Gasteiger partial charge in [0.1, 0.15) is 18.4 Å². The van der Waals surface area contributed by atoms with Crippen molar-refractivity contribution in [3.63, 3.8) is 0 Å². The van der Waals surface area contributed by atoms with E-state index >= 15 is 0 Å². The third-order valence-corrected chi connectivity index (χ3v) is 9.08. The van der Waals surface area contributed by atoms with Gasteiger partial charge in [-0.2, -0.15) is 4.98 Å². The van der Waals surface area contributed by atoms with Crippen LogP contribution in [0.1, 0.15) is 35.2 Å². The van der Waals surface area contributed by atoms with Crippen molar-refractivity contribution in [1.29, 1.82) is 0 Å². The molecule has 1 amide bonds. The normalized spacial score (nSPS) is 14.1. The van der Waals surface area contributed by atoms with Crippen LogP contribution in [0.3, 0.4) is 0 Å². The number of carbonyl (C=O) groups is 1. The van der Waals surface area contributed by atoms with Crippen molar-refractivity contribution in [2.24, 2.45) is 0 Å². The zero-order valence-electron chi connectivity index (χ0n) is 24.1. The molecular formula is C34H29BrClN5O2S. The van der Waals surface area contributed by atoms with Crippen LogP contribution in [-0.4, -0.2) is 20.7 Å². The van der Waals surface area contributed by atoms with Gasteiger partial charge in [0.2, 0.25) is 11.1 Å². The van der Waals surface area contributed by atoms with Gasteiger partial charge in [-0.05, 0) is 72.5 Å². The molecule has 0 saturated carbocycles. The van der Waals surface area contributed by atoms with Gasteiger partial charge in [-0.3, -0.25) is 4.79 Å². The van der Waals surface area contributed by atoms with E-state index in [-0.39, 0.29) is 5.91 Å². The van der Waals surface area contributed by atoms with Crippen LogP contribution >= 0.6 is 39.3 Å². The maximum absolute atomic E-state index is 13.9. The Labute approximate surface area is 273 Å². The molecule has 7 nitrogen and oxygen atoms in total.